The van der Waals surface area contributed by atoms with E-state index in [1.54, 1.807) is 17.3 Å². The number of urea groups is 1. The summed E-state index contributed by atoms with van der Waals surface area (Å²) in [7, 11) is 0. The molecule has 4 atom stereocenters. The molecular formula is C15H19N3O3. The summed E-state index contributed by atoms with van der Waals surface area (Å²) < 4.78 is 0. The number of carbonyl (C=O) groups excluding carboxylic acids is 1. The van der Waals surface area contributed by atoms with Crippen LogP contribution in [0.15, 0.2) is 24.5 Å². The minimum absolute atomic E-state index is 0.0669. The second-order valence-electron chi connectivity index (χ2n) is 5.84. The zero-order valence-corrected chi connectivity index (χ0v) is 11.9. The Kier molecular flexibility index (Phi) is 3.53. The van der Waals surface area contributed by atoms with E-state index in [0.717, 1.165) is 18.4 Å². The van der Waals surface area contributed by atoms with Crippen LogP contribution in [0, 0.1) is 5.92 Å². The third-order valence-corrected chi connectivity index (χ3v) is 4.61. The van der Waals surface area contributed by atoms with Crippen molar-refractivity contribution in [3.8, 4) is 0 Å². The van der Waals surface area contributed by atoms with Gasteiger partial charge in [0.1, 0.15) is 0 Å². The normalized spacial score (nSPS) is 28.4. The van der Waals surface area contributed by atoms with Gasteiger partial charge in [-0.15, -0.1) is 0 Å². The standard InChI is InChI=1S/C15H19N3O3/c1-9(10-3-2-6-16-8-10)17-15(21)18-11-4-5-13(18)12(7-11)14(19)20/h2-3,6,8-9,11-13H,4-5,7H2,1H3,(H,17,21)(H,19,20). The fourth-order valence-electron chi connectivity index (χ4n) is 3.55. The summed E-state index contributed by atoms with van der Waals surface area (Å²) in [6.07, 6.45) is 5.69. The number of rotatable bonds is 3. The van der Waals surface area contributed by atoms with E-state index in [1.807, 2.05) is 19.1 Å². The van der Waals surface area contributed by atoms with Gasteiger partial charge in [0.2, 0.25) is 0 Å². The molecular weight excluding hydrogens is 270 g/mol. The Morgan fingerprint density at radius 2 is 2.29 bits per heavy atom. The Morgan fingerprint density at radius 3 is 2.90 bits per heavy atom. The van der Waals surface area contributed by atoms with E-state index in [1.165, 1.54) is 0 Å². The molecule has 2 N–H and O–H groups in total. The summed E-state index contributed by atoms with van der Waals surface area (Å²) in [4.78, 5) is 29.5. The fourth-order valence-corrected chi connectivity index (χ4v) is 3.55. The molecule has 2 aliphatic heterocycles. The molecule has 4 unspecified atom stereocenters. The highest BCUT2D eigenvalue weighted by Crippen LogP contribution is 2.41. The number of pyridine rings is 1. The number of carbonyl (C=O) groups is 2. The zero-order valence-electron chi connectivity index (χ0n) is 11.9. The van der Waals surface area contributed by atoms with E-state index in [9.17, 15) is 14.7 Å². The van der Waals surface area contributed by atoms with Gasteiger partial charge in [0.25, 0.3) is 0 Å². The van der Waals surface area contributed by atoms with Crippen molar-refractivity contribution in [2.24, 2.45) is 5.92 Å². The lowest BCUT2D eigenvalue weighted by Gasteiger charge is -2.25. The molecule has 112 valence electrons. The highest BCUT2D eigenvalue weighted by molar-refractivity contribution is 5.79. The van der Waals surface area contributed by atoms with Crippen LogP contribution in [0.4, 0.5) is 4.79 Å². The molecule has 21 heavy (non-hydrogen) atoms. The molecule has 0 aromatic carbocycles. The molecule has 2 aliphatic rings. The van der Waals surface area contributed by atoms with Crippen molar-refractivity contribution in [2.45, 2.75) is 44.3 Å². The van der Waals surface area contributed by atoms with Gasteiger partial charge < -0.3 is 15.3 Å². The number of carboxylic acids is 1. The summed E-state index contributed by atoms with van der Waals surface area (Å²) >= 11 is 0. The van der Waals surface area contributed by atoms with Crippen LogP contribution in [-0.4, -0.2) is 39.1 Å². The Labute approximate surface area is 123 Å². The molecule has 2 fully saturated rings. The molecule has 6 heteroatoms. The Bertz CT molecular complexity index is 548. The van der Waals surface area contributed by atoms with Crippen LogP contribution in [0.1, 0.15) is 37.8 Å². The van der Waals surface area contributed by atoms with Gasteiger partial charge in [0.15, 0.2) is 0 Å². The summed E-state index contributed by atoms with van der Waals surface area (Å²) in [5, 5.41) is 12.2. The number of fused-ring (bicyclic) bond motifs is 2. The minimum atomic E-state index is -0.791. The average Bonchev–Trinajstić information content (AvgIpc) is 3.05. The third kappa shape index (κ3) is 2.46. The van der Waals surface area contributed by atoms with Crippen molar-refractivity contribution in [3.05, 3.63) is 30.1 Å². The zero-order chi connectivity index (χ0) is 15.0. The van der Waals surface area contributed by atoms with E-state index < -0.39 is 11.9 Å². The van der Waals surface area contributed by atoms with Crippen molar-refractivity contribution >= 4 is 12.0 Å². The summed E-state index contributed by atoms with van der Waals surface area (Å²) in [5.41, 5.74) is 0.937. The van der Waals surface area contributed by atoms with Gasteiger partial charge in [0, 0.05) is 24.5 Å². The van der Waals surface area contributed by atoms with Gasteiger partial charge in [-0.05, 0) is 37.8 Å². The molecule has 3 rings (SSSR count). The summed E-state index contributed by atoms with van der Waals surface area (Å²) in [5.74, 6) is -1.21. The van der Waals surface area contributed by atoms with Crippen molar-refractivity contribution < 1.29 is 14.7 Å². The van der Waals surface area contributed by atoms with Crippen LogP contribution >= 0.6 is 0 Å². The Hall–Kier alpha value is -2.11. The van der Waals surface area contributed by atoms with E-state index in [0.29, 0.717) is 6.42 Å². The topological polar surface area (TPSA) is 82.5 Å². The van der Waals surface area contributed by atoms with Crippen LogP contribution in [-0.2, 0) is 4.79 Å². The number of nitrogens with zero attached hydrogens (tertiary/aromatic N) is 2. The van der Waals surface area contributed by atoms with Gasteiger partial charge in [-0.2, -0.15) is 0 Å². The molecule has 0 aliphatic carbocycles. The molecule has 2 saturated heterocycles. The first-order chi connectivity index (χ1) is 10.1. The smallest absolute Gasteiger partial charge is 0.318 e. The molecule has 2 bridgehead atoms. The van der Waals surface area contributed by atoms with Crippen LogP contribution in [0.3, 0.4) is 0 Å². The molecule has 3 heterocycles. The minimum Gasteiger partial charge on any atom is -0.481 e. The lowest BCUT2D eigenvalue weighted by Crippen LogP contribution is -2.45. The predicted octanol–water partition coefficient (Wildman–Crippen LogP) is 1.79. The van der Waals surface area contributed by atoms with Crippen molar-refractivity contribution in [2.75, 3.05) is 0 Å². The van der Waals surface area contributed by atoms with Gasteiger partial charge >= 0.3 is 12.0 Å². The number of aromatic nitrogens is 1. The first kappa shape index (κ1) is 13.9. The lowest BCUT2D eigenvalue weighted by atomic mass is 9.89. The van der Waals surface area contributed by atoms with Gasteiger partial charge in [-0.25, -0.2) is 4.79 Å². The van der Waals surface area contributed by atoms with Crippen LogP contribution in [0.2, 0.25) is 0 Å². The van der Waals surface area contributed by atoms with Crippen LogP contribution in [0.5, 0.6) is 0 Å². The second-order valence-corrected chi connectivity index (χ2v) is 5.84. The molecule has 1 aromatic heterocycles. The first-order valence-corrected chi connectivity index (χ1v) is 7.29. The largest absolute Gasteiger partial charge is 0.481 e. The first-order valence-electron chi connectivity index (χ1n) is 7.29. The molecule has 2 amide bonds. The summed E-state index contributed by atoms with van der Waals surface area (Å²) in [6.45, 7) is 1.90. The van der Waals surface area contributed by atoms with Crippen molar-refractivity contribution in [3.63, 3.8) is 0 Å². The number of hydrogen-bond donors (Lipinski definition) is 2. The van der Waals surface area contributed by atoms with Crippen LogP contribution < -0.4 is 5.32 Å². The summed E-state index contributed by atoms with van der Waals surface area (Å²) in [6, 6.07) is 3.34. The molecule has 1 aromatic rings. The fraction of sp³-hybridized carbons (Fsp3) is 0.533. The number of amides is 2. The molecule has 6 nitrogen and oxygen atoms in total. The SMILES string of the molecule is CC(NC(=O)N1C2CCC1C(C(=O)O)C2)c1cccnc1. The van der Waals surface area contributed by atoms with E-state index >= 15 is 0 Å². The number of hydrogen-bond acceptors (Lipinski definition) is 3. The quantitative estimate of drug-likeness (QED) is 0.888. The number of aliphatic carboxylic acids is 1. The van der Waals surface area contributed by atoms with Crippen LogP contribution in [0.25, 0.3) is 0 Å². The van der Waals surface area contributed by atoms with E-state index in [4.69, 9.17) is 0 Å². The molecule has 0 radical (unpaired) electrons. The maximum absolute atomic E-state index is 12.5. The maximum atomic E-state index is 12.5. The predicted molar refractivity (Wildman–Crippen MR) is 75.6 cm³/mol. The maximum Gasteiger partial charge on any atom is 0.318 e. The number of nitrogens with one attached hydrogen (secondary N) is 1. The highest BCUT2D eigenvalue weighted by atomic mass is 16.4. The monoisotopic (exact) mass is 289 g/mol. The molecule has 0 saturated carbocycles. The highest BCUT2D eigenvalue weighted by Gasteiger charge is 2.51. The average molecular weight is 289 g/mol. The Morgan fingerprint density at radius 1 is 1.48 bits per heavy atom. The van der Waals surface area contributed by atoms with Crippen molar-refractivity contribution in [1.29, 1.82) is 0 Å². The molecule has 0 spiro atoms. The Balaban J connectivity index is 1.68. The second kappa shape index (κ2) is 5.35. The number of carboxylic acid groups (broad SMARTS) is 1. The van der Waals surface area contributed by atoms with Gasteiger partial charge in [-0.1, -0.05) is 6.07 Å². The van der Waals surface area contributed by atoms with Gasteiger partial charge in [-0.3, -0.25) is 9.78 Å². The van der Waals surface area contributed by atoms with Gasteiger partial charge in [0.05, 0.1) is 12.0 Å². The van der Waals surface area contributed by atoms with Crippen molar-refractivity contribution in [1.82, 2.24) is 15.2 Å². The lowest BCUT2D eigenvalue weighted by molar-refractivity contribution is -0.142. The van der Waals surface area contributed by atoms with E-state index in [2.05, 4.69) is 10.3 Å². The van der Waals surface area contributed by atoms with E-state index in [-0.39, 0.29) is 24.2 Å². The third-order valence-electron chi connectivity index (χ3n) is 4.61.